The molecule has 1 saturated heterocycles. The summed E-state index contributed by atoms with van der Waals surface area (Å²) in [5.74, 6) is 1.05. The van der Waals surface area contributed by atoms with Crippen molar-refractivity contribution in [1.82, 2.24) is 14.5 Å². The molecule has 4 heterocycles. The summed E-state index contributed by atoms with van der Waals surface area (Å²) in [5.41, 5.74) is 5.10. The summed E-state index contributed by atoms with van der Waals surface area (Å²) in [7, 11) is 0. The van der Waals surface area contributed by atoms with Gasteiger partial charge in [-0.3, -0.25) is 0 Å². The first kappa shape index (κ1) is 28.6. The van der Waals surface area contributed by atoms with Crippen molar-refractivity contribution < 1.29 is 28.2 Å². The summed E-state index contributed by atoms with van der Waals surface area (Å²) >= 11 is 6.18. The number of hydrogen-bond donors (Lipinski definition) is 1. The molecule has 2 atom stereocenters. The molecule has 5 aromatic rings. The second-order valence-electron chi connectivity index (χ2n) is 11.5. The smallest absolute Gasteiger partial charge is 0.335 e. The monoisotopic (exact) mass is 615 g/mol. The summed E-state index contributed by atoms with van der Waals surface area (Å²) in [6.07, 6.45) is 8.14. The van der Waals surface area contributed by atoms with Gasteiger partial charge in [0.2, 0.25) is 5.88 Å². The summed E-state index contributed by atoms with van der Waals surface area (Å²) in [5, 5.41) is 10.4. The third-order valence-electron chi connectivity index (χ3n) is 8.66. The number of fused-ring (bicyclic) bond motifs is 2. The second kappa shape index (κ2) is 12.1. The van der Waals surface area contributed by atoms with Crippen molar-refractivity contribution in [3.05, 3.63) is 94.4 Å². The van der Waals surface area contributed by atoms with E-state index in [0.29, 0.717) is 39.9 Å². The van der Waals surface area contributed by atoms with Gasteiger partial charge < -0.3 is 23.6 Å². The molecule has 0 amide bonds. The molecule has 3 aromatic heterocycles. The average Bonchev–Trinajstić information content (AvgIpc) is 3.58. The summed E-state index contributed by atoms with van der Waals surface area (Å²) in [6, 6.07) is 14.9. The van der Waals surface area contributed by atoms with E-state index in [1.807, 2.05) is 18.2 Å². The van der Waals surface area contributed by atoms with Gasteiger partial charge in [0.15, 0.2) is 0 Å². The standard InChI is InChI=1S/C34H31ClFN3O5/c35-26-11-9-23(33-25(26)17-30(36)44-33)19-43-32-3-1-2-27(38-32)21-7-4-20(5-8-21)6-13-31-37-28-12-10-22(34(40)41)16-29(28)39(31)18-24-14-15-42-24/h1-3,7,9-12,16-17,20,24H,4-6,8,13-15,18-19H2,(H,40,41)/t20?,24-/m0/s1. The number of rotatable bonds is 10. The van der Waals surface area contributed by atoms with Gasteiger partial charge in [-0.2, -0.15) is 4.39 Å². The first-order valence-electron chi connectivity index (χ1n) is 14.9. The van der Waals surface area contributed by atoms with Crippen LogP contribution in [0.3, 0.4) is 0 Å². The van der Waals surface area contributed by atoms with Crippen molar-refractivity contribution >= 4 is 45.1 Å². The zero-order chi connectivity index (χ0) is 30.2. The zero-order valence-electron chi connectivity index (χ0n) is 24.0. The van der Waals surface area contributed by atoms with E-state index in [9.17, 15) is 14.3 Å². The van der Waals surface area contributed by atoms with Crippen molar-refractivity contribution in [2.75, 3.05) is 6.61 Å². The Morgan fingerprint density at radius 3 is 2.80 bits per heavy atom. The zero-order valence-corrected chi connectivity index (χ0v) is 24.7. The molecule has 7 rings (SSSR count). The highest BCUT2D eigenvalue weighted by atomic mass is 35.5. The first-order chi connectivity index (χ1) is 21.4. The number of pyridine rings is 1. The Balaban J connectivity index is 1.00. The largest absolute Gasteiger partial charge is 0.478 e. The summed E-state index contributed by atoms with van der Waals surface area (Å²) in [4.78, 5) is 21.2. The van der Waals surface area contributed by atoms with Crippen LogP contribution in [0.4, 0.5) is 4.39 Å². The maximum Gasteiger partial charge on any atom is 0.335 e. The number of imidazole rings is 1. The van der Waals surface area contributed by atoms with Crippen molar-refractivity contribution in [3.63, 3.8) is 0 Å². The van der Waals surface area contributed by atoms with E-state index >= 15 is 0 Å². The highest BCUT2D eigenvalue weighted by molar-refractivity contribution is 6.35. The number of benzene rings is 2. The molecule has 226 valence electrons. The Morgan fingerprint density at radius 2 is 2.02 bits per heavy atom. The Morgan fingerprint density at radius 1 is 1.14 bits per heavy atom. The molecule has 0 saturated carbocycles. The van der Waals surface area contributed by atoms with Crippen molar-refractivity contribution in [2.24, 2.45) is 5.92 Å². The van der Waals surface area contributed by atoms with Gasteiger partial charge in [-0.05, 0) is 73.9 Å². The fraction of sp³-hybridized carbons (Fsp3) is 0.324. The fourth-order valence-electron chi connectivity index (χ4n) is 6.10. The predicted molar refractivity (Wildman–Crippen MR) is 164 cm³/mol. The number of carboxylic acids is 1. The van der Waals surface area contributed by atoms with Gasteiger partial charge in [0.05, 0.1) is 40.0 Å². The lowest BCUT2D eigenvalue weighted by molar-refractivity contribution is -0.0590. The van der Waals surface area contributed by atoms with Gasteiger partial charge >= 0.3 is 5.97 Å². The molecular formula is C34H31ClFN3O5. The number of aryl methyl sites for hydroxylation is 1. The van der Waals surface area contributed by atoms with Crippen LogP contribution < -0.4 is 4.74 Å². The number of aromatic carboxylic acids is 1. The van der Waals surface area contributed by atoms with E-state index in [-0.39, 0.29) is 18.3 Å². The number of carbonyl (C=O) groups is 1. The number of halogens is 2. The van der Waals surface area contributed by atoms with Gasteiger partial charge in [0.1, 0.15) is 18.0 Å². The van der Waals surface area contributed by atoms with Crippen LogP contribution in [0.15, 0.2) is 65.1 Å². The lowest BCUT2D eigenvalue weighted by Crippen LogP contribution is -2.31. The molecule has 1 unspecified atom stereocenters. The number of carboxylic acid groups (broad SMARTS) is 1. The molecule has 0 spiro atoms. The Hall–Kier alpha value is -4.21. The molecular weight excluding hydrogens is 585 g/mol. The quantitative estimate of drug-likeness (QED) is 0.171. The highest BCUT2D eigenvalue weighted by Gasteiger charge is 2.24. The third kappa shape index (κ3) is 5.81. The minimum atomic E-state index is -0.939. The molecule has 8 nitrogen and oxygen atoms in total. The molecule has 2 aromatic carbocycles. The van der Waals surface area contributed by atoms with E-state index in [4.69, 9.17) is 35.5 Å². The van der Waals surface area contributed by atoms with Gasteiger partial charge in [-0.1, -0.05) is 29.8 Å². The number of ether oxygens (including phenoxy) is 2. The van der Waals surface area contributed by atoms with Crippen LogP contribution in [0.5, 0.6) is 5.88 Å². The molecule has 2 aliphatic rings. The molecule has 1 fully saturated rings. The lowest BCUT2D eigenvalue weighted by atomic mass is 9.85. The minimum absolute atomic E-state index is 0.146. The topological polar surface area (TPSA) is 99.6 Å². The van der Waals surface area contributed by atoms with Crippen molar-refractivity contribution in [3.8, 4) is 5.88 Å². The molecule has 10 heteroatoms. The van der Waals surface area contributed by atoms with Crippen LogP contribution in [0, 0.1) is 11.9 Å². The van der Waals surface area contributed by atoms with Crippen LogP contribution in [0.25, 0.3) is 27.6 Å². The van der Waals surface area contributed by atoms with E-state index in [0.717, 1.165) is 67.7 Å². The van der Waals surface area contributed by atoms with Crippen LogP contribution in [-0.4, -0.2) is 38.3 Å². The number of furan rings is 1. The van der Waals surface area contributed by atoms with Crippen molar-refractivity contribution in [1.29, 1.82) is 0 Å². The molecule has 0 bridgehead atoms. The lowest BCUT2D eigenvalue weighted by Gasteiger charge is -2.28. The number of allylic oxidation sites excluding steroid dienone is 2. The maximum atomic E-state index is 13.7. The van der Waals surface area contributed by atoms with Crippen LogP contribution in [0.2, 0.25) is 5.02 Å². The average molecular weight is 616 g/mol. The summed E-state index contributed by atoms with van der Waals surface area (Å²) < 4.78 is 32.7. The van der Waals surface area contributed by atoms with Gasteiger partial charge in [0, 0.05) is 36.1 Å². The van der Waals surface area contributed by atoms with Crippen LogP contribution >= 0.6 is 11.6 Å². The first-order valence-corrected chi connectivity index (χ1v) is 15.3. The SMILES string of the molecule is O=C(O)c1ccc2nc(CCC3CC=C(c4cccc(OCc5ccc(Cl)c6cc(F)oc56)n4)CC3)n(C[C@@H]3CCO3)c2c1. The molecule has 1 N–H and O–H groups in total. The van der Waals surface area contributed by atoms with E-state index in [1.54, 1.807) is 30.3 Å². The highest BCUT2D eigenvalue weighted by Crippen LogP contribution is 2.34. The Kier molecular flexibility index (Phi) is 7.82. The van der Waals surface area contributed by atoms with Crippen LogP contribution in [-0.2, 0) is 24.3 Å². The number of aromatic nitrogens is 3. The molecule has 44 heavy (non-hydrogen) atoms. The maximum absolute atomic E-state index is 13.7. The molecule has 1 aliphatic heterocycles. The molecule has 1 aliphatic carbocycles. The third-order valence-corrected chi connectivity index (χ3v) is 8.99. The number of nitrogens with zero attached hydrogens (tertiary/aromatic N) is 3. The van der Waals surface area contributed by atoms with Crippen LogP contribution in [0.1, 0.15) is 59.5 Å². The Labute approximate surface area is 258 Å². The van der Waals surface area contributed by atoms with Gasteiger partial charge in [-0.15, -0.1) is 0 Å². The predicted octanol–water partition coefficient (Wildman–Crippen LogP) is 7.85. The van der Waals surface area contributed by atoms with Crippen molar-refractivity contribution in [2.45, 2.75) is 57.8 Å². The Bertz CT molecular complexity index is 1890. The van der Waals surface area contributed by atoms with E-state index < -0.39 is 12.0 Å². The molecule has 0 radical (unpaired) electrons. The van der Waals surface area contributed by atoms with Gasteiger partial charge in [-0.25, -0.2) is 14.8 Å². The number of hydrogen-bond acceptors (Lipinski definition) is 6. The second-order valence-corrected chi connectivity index (χ2v) is 11.9. The summed E-state index contributed by atoms with van der Waals surface area (Å²) in [6.45, 7) is 1.63. The van der Waals surface area contributed by atoms with Gasteiger partial charge in [0.25, 0.3) is 6.01 Å². The fourth-order valence-corrected chi connectivity index (χ4v) is 6.31. The normalized spacial score (nSPS) is 18.4. The van der Waals surface area contributed by atoms with E-state index in [1.165, 1.54) is 11.6 Å². The van der Waals surface area contributed by atoms with E-state index in [2.05, 4.69) is 10.6 Å². The minimum Gasteiger partial charge on any atom is -0.478 e.